The van der Waals surface area contributed by atoms with E-state index in [2.05, 4.69) is 15.2 Å². The first-order chi connectivity index (χ1) is 14.6. The van der Waals surface area contributed by atoms with Crippen LogP contribution in [0.2, 0.25) is 0 Å². The number of benzene rings is 1. The molecule has 1 saturated heterocycles. The van der Waals surface area contributed by atoms with Crippen molar-refractivity contribution in [1.29, 1.82) is 0 Å². The van der Waals surface area contributed by atoms with Crippen molar-refractivity contribution in [2.75, 3.05) is 26.2 Å². The van der Waals surface area contributed by atoms with E-state index < -0.39 is 6.10 Å². The number of aliphatic hydroxyl groups excluding tert-OH is 1. The number of hydrogen-bond donors (Lipinski definition) is 2. The lowest BCUT2D eigenvalue weighted by Gasteiger charge is -2.36. The molecule has 1 aromatic carbocycles. The van der Waals surface area contributed by atoms with Crippen molar-refractivity contribution in [1.82, 2.24) is 19.8 Å². The van der Waals surface area contributed by atoms with Gasteiger partial charge in [-0.25, -0.2) is 4.98 Å². The minimum Gasteiger partial charge on any atom is -0.492 e. The smallest absolute Gasteiger partial charge is 0.251 e. The SMILES string of the molecule is Cc1nccn1[C@@H]1CCC[C@@H](NC(=O)c2ccc(OCCN3CCCC3)cc2)[C@H]1O. The van der Waals surface area contributed by atoms with E-state index in [4.69, 9.17) is 4.74 Å². The van der Waals surface area contributed by atoms with Crippen molar-refractivity contribution in [2.24, 2.45) is 0 Å². The largest absolute Gasteiger partial charge is 0.492 e. The zero-order valence-electron chi connectivity index (χ0n) is 17.7. The number of ether oxygens (including phenoxy) is 1. The van der Waals surface area contributed by atoms with Gasteiger partial charge in [0.15, 0.2) is 0 Å². The normalized spacial score (nSPS) is 24.7. The number of amides is 1. The zero-order valence-corrected chi connectivity index (χ0v) is 17.7. The number of likely N-dealkylation sites (tertiary alicyclic amines) is 1. The molecule has 2 aromatic rings. The molecule has 7 nitrogen and oxygen atoms in total. The summed E-state index contributed by atoms with van der Waals surface area (Å²) in [7, 11) is 0. The van der Waals surface area contributed by atoms with Crippen LogP contribution in [0.3, 0.4) is 0 Å². The van der Waals surface area contributed by atoms with E-state index in [1.54, 1.807) is 18.3 Å². The van der Waals surface area contributed by atoms with Crippen molar-refractivity contribution in [3.8, 4) is 5.75 Å². The first-order valence-corrected chi connectivity index (χ1v) is 11.1. The molecule has 2 aliphatic rings. The van der Waals surface area contributed by atoms with Crippen LogP contribution in [0.4, 0.5) is 0 Å². The van der Waals surface area contributed by atoms with Gasteiger partial charge in [-0.3, -0.25) is 9.69 Å². The van der Waals surface area contributed by atoms with Gasteiger partial charge in [0.05, 0.1) is 18.2 Å². The minimum atomic E-state index is -0.635. The minimum absolute atomic E-state index is 0.0575. The first kappa shape index (κ1) is 20.9. The maximum atomic E-state index is 12.7. The van der Waals surface area contributed by atoms with Gasteiger partial charge in [0.25, 0.3) is 5.91 Å². The average molecular weight is 413 g/mol. The highest BCUT2D eigenvalue weighted by molar-refractivity contribution is 5.94. The van der Waals surface area contributed by atoms with Crippen LogP contribution < -0.4 is 10.1 Å². The molecule has 1 saturated carbocycles. The van der Waals surface area contributed by atoms with Crippen LogP contribution in [0, 0.1) is 6.92 Å². The summed E-state index contributed by atoms with van der Waals surface area (Å²) in [4.78, 5) is 19.4. The number of rotatable bonds is 7. The van der Waals surface area contributed by atoms with Gasteiger partial charge in [0.1, 0.15) is 18.2 Å². The summed E-state index contributed by atoms with van der Waals surface area (Å²) in [6.45, 7) is 5.87. The average Bonchev–Trinajstić information content (AvgIpc) is 3.42. The van der Waals surface area contributed by atoms with Gasteiger partial charge in [0.2, 0.25) is 0 Å². The fraction of sp³-hybridized carbons (Fsp3) is 0.565. The Morgan fingerprint density at radius 3 is 2.67 bits per heavy atom. The monoisotopic (exact) mass is 412 g/mol. The molecule has 0 spiro atoms. The number of aryl methyl sites for hydroxylation is 1. The second-order valence-electron chi connectivity index (χ2n) is 8.37. The van der Waals surface area contributed by atoms with E-state index >= 15 is 0 Å². The lowest BCUT2D eigenvalue weighted by molar-refractivity contribution is 0.0392. The van der Waals surface area contributed by atoms with Gasteiger partial charge in [-0.2, -0.15) is 0 Å². The third kappa shape index (κ3) is 4.84. The van der Waals surface area contributed by atoms with E-state index in [0.29, 0.717) is 12.2 Å². The molecule has 0 bridgehead atoms. The lowest BCUT2D eigenvalue weighted by atomic mass is 9.87. The number of aliphatic hydroxyl groups is 1. The van der Waals surface area contributed by atoms with Crippen molar-refractivity contribution in [3.63, 3.8) is 0 Å². The number of imidazole rings is 1. The first-order valence-electron chi connectivity index (χ1n) is 11.1. The Morgan fingerprint density at radius 1 is 1.20 bits per heavy atom. The van der Waals surface area contributed by atoms with Crippen LogP contribution in [-0.4, -0.2) is 63.9 Å². The van der Waals surface area contributed by atoms with E-state index in [-0.39, 0.29) is 18.0 Å². The van der Waals surface area contributed by atoms with Gasteiger partial charge in [0, 0.05) is 24.5 Å². The summed E-state index contributed by atoms with van der Waals surface area (Å²) < 4.78 is 7.83. The predicted octanol–water partition coefficient (Wildman–Crippen LogP) is 2.55. The van der Waals surface area contributed by atoms with Crippen LogP contribution in [0.25, 0.3) is 0 Å². The Balaban J connectivity index is 1.30. The number of carbonyl (C=O) groups excluding carboxylic acids is 1. The number of aromatic nitrogens is 2. The van der Waals surface area contributed by atoms with Crippen LogP contribution >= 0.6 is 0 Å². The number of carbonyl (C=O) groups is 1. The fourth-order valence-corrected chi connectivity index (χ4v) is 4.61. The fourth-order valence-electron chi connectivity index (χ4n) is 4.61. The molecule has 30 heavy (non-hydrogen) atoms. The predicted molar refractivity (Wildman–Crippen MR) is 115 cm³/mol. The van der Waals surface area contributed by atoms with Crippen molar-refractivity contribution in [3.05, 3.63) is 48.0 Å². The Bertz CT molecular complexity index is 829. The molecular formula is C23H32N4O3. The van der Waals surface area contributed by atoms with Gasteiger partial charge in [-0.05, 0) is 76.4 Å². The molecule has 2 heterocycles. The van der Waals surface area contributed by atoms with Crippen LogP contribution in [0.1, 0.15) is 54.3 Å². The van der Waals surface area contributed by atoms with Crippen molar-refractivity contribution in [2.45, 2.75) is 57.2 Å². The molecule has 4 rings (SSSR count). The molecule has 162 valence electrons. The molecule has 0 unspecified atom stereocenters. The summed E-state index contributed by atoms with van der Waals surface area (Å²) >= 11 is 0. The van der Waals surface area contributed by atoms with Gasteiger partial charge in [-0.15, -0.1) is 0 Å². The standard InChI is InChI=1S/C23H32N4O3/c1-17-24-11-14-27(17)21-6-4-5-20(22(21)28)25-23(29)18-7-9-19(10-8-18)30-16-15-26-12-2-3-13-26/h7-11,14,20-22,28H,2-6,12-13,15-16H2,1H3,(H,25,29)/t20-,21-,22-/m1/s1. The van der Waals surface area contributed by atoms with Crippen LogP contribution in [0.15, 0.2) is 36.7 Å². The molecule has 1 aliphatic heterocycles. The molecule has 1 amide bonds. The Kier molecular flexibility index (Phi) is 6.69. The quantitative estimate of drug-likeness (QED) is 0.731. The molecular weight excluding hydrogens is 380 g/mol. The maximum Gasteiger partial charge on any atom is 0.251 e. The molecule has 7 heteroatoms. The Labute approximate surface area is 178 Å². The third-order valence-electron chi connectivity index (χ3n) is 6.35. The van der Waals surface area contributed by atoms with Gasteiger partial charge < -0.3 is 19.7 Å². The number of nitrogens with one attached hydrogen (secondary N) is 1. The highest BCUT2D eigenvalue weighted by Gasteiger charge is 2.34. The molecule has 1 aromatic heterocycles. The summed E-state index contributed by atoms with van der Waals surface area (Å²) in [5.74, 6) is 1.50. The van der Waals surface area contributed by atoms with Crippen LogP contribution in [-0.2, 0) is 0 Å². The highest BCUT2D eigenvalue weighted by atomic mass is 16.5. The number of nitrogens with zero attached hydrogens (tertiary/aromatic N) is 3. The molecule has 2 N–H and O–H groups in total. The topological polar surface area (TPSA) is 79.6 Å². The number of hydrogen-bond acceptors (Lipinski definition) is 5. The second kappa shape index (κ2) is 9.62. The van der Waals surface area contributed by atoms with E-state index in [0.717, 1.165) is 50.5 Å². The molecule has 0 radical (unpaired) electrons. The van der Waals surface area contributed by atoms with E-state index in [9.17, 15) is 9.90 Å². The third-order valence-corrected chi connectivity index (χ3v) is 6.35. The lowest BCUT2D eigenvalue weighted by Crippen LogP contribution is -2.49. The summed E-state index contributed by atoms with van der Waals surface area (Å²) in [5, 5.41) is 13.9. The van der Waals surface area contributed by atoms with Crippen molar-refractivity contribution >= 4 is 5.91 Å². The van der Waals surface area contributed by atoms with Crippen molar-refractivity contribution < 1.29 is 14.6 Å². The van der Waals surface area contributed by atoms with E-state index in [1.807, 2.05) is 29.8 Å². The molecule has 1 aliphatic carbocycles. The summed E-state index contributed by atoms with van der Waals surface area (Å²) in [6.07, 6.45) is 8.18. The highest BCUT2D eigenvalue weighted by Crippen LogP contribution is 2.30. The van der Waals surface area contributed by atoms with Gasteiger partial charge >= 0.3 is 0 Å². The Hall–Kier alpha value is -2.38. The Morgan fingerprint density at radius 2 is 1.97 bits per heavy atom. The van der Waals surface area contributed by atoms with Gasteiger partial charge in [-0.1, -0.05) is 0 Å². The second-order valence-corrected chi connectivity index (χ2v) is 8.37. The molecule has 2 fully saturated rings. The maximum absolute atomic E-state index is 12.7. The van der Waals surface area contributed by atoms with E-state index in [1.165, 1.54) is 12.8 Å². The summed E-state index contributed by atoms with van der Waals surface area (Å²) in [5.41, 5.74) is 0.579. The van der Waals surface area contributed by atoms with Crippen LogP contribution in [0.5, 0.6) is 5.75 Å². The molecule has 3 atom stereocenters. The zero-order chi connectivity index (χ0) is 20.9. The summed E-state index contributed by atoms with van der Waals surface area (Å²) in [6, 6.07) is 6.93.